The number of ether oxygens (including phenoxy) is 2. The summed E-state index contributed by atoms with van der Waals surface area (Å²) >= 11 is 5.71. The van der Waals surface area contributed by atoms with Crippen molar-refractivity contribution in [1.82, 2.24) is 9.80 Å². The lowest BCUT2D eigenvalue weighted by Crippen LogP contribution is -2.37. The maximum atomic E-state index is 13.5. The summed E-state index contributed by atoms with van der Waals surface area (Å²) in [6, 6.07) is 19.8. The van der Waals surface area contributed by atoms with Gasteiger partial charge in [-0.1, -0.05) is 36.4 Å². The van der Waals surface area contributed by atoms with Crippen LogP contribution in [0.3, 0.4) is 0 Å². The van der Waals surface area contributed by atoms with Crippen molar-refractivity contribution in [3.8, 4) is 11.5 Å². The average Bonchev–Trinajstić information content (AvgIpc) is 3.41. The molecule has 2 aliphatic rings. The van der Waals surface area contributed by atoms with Crippen LogP contribution < -0.4 is 14.8 Å². The predicted octanol–water partition coefficient (Wildman–Crippen LogP) is 4.08. The maximum Gasteiger partial charge on any atom is 0.252 e. The topological polar surface area (TPSA) is 71.1 Å². The maximum absolute atomic E-state index is 13.5. The Morgan fingerprint density at radius 3 is 2.49 bits per heavy atom. The van der Waals surface area contributed by atoms with Gasteiger partial charge in [0.25, 0.3) is 5.91 Å². The van der Waals surface area contributed by atoms with E-state index in [0.717, 1.165) is 11.1 Å². The number of carbonyl (C=O) groups excluding carboxylic acids is 2. The highest BCUT2D eigenvalue weighted by molar-refractivity contribution is 7.80. The molecule has 0 radical (unpaired) electrons. The van der Waals surface area contributed by atoms with Gasteiger partial charge in [-0.05, 0) is 59.7 Å². The number of thiocarbonyl (C=S) groups is 1. The van der Waals surface area contributed by atoms with Crippen LogP contribution in [0.25, 0.3) is 0 Å². The van der Waals surface area contributed by atoms with Gasteiger partial charge in [-0.3, -0.25) is 14.5 Å². The van der Waals surface area contributed by atoms with Gasteiger partial charge in [0, 0.05) is 12.2 Å². The molecule has 0 aliphatic carbocycles. The lowest BCUT2D eigenvalue weighted by Gasteiger charge is -2.24. The highest BCUT2D eigenvalue weighted by Crippen LogP contribution is 2.34. The van der Waals surface area contributed by atoms with E-state index >= 15 is 0 Å². The summed E-state index contributed by atoms with van der Waals surface area (Å²) in [7, 11) is 0. The van der Waals surface area contributed by atoms with Crippen molar-refractivity contribution in [2.75, 3.05) is 12.1 Å². The lowest BCUT2D eigenvalue weighted by molar-refractivity contribution is -0.131. The molecule has 2 amide bonds. The molecule has 3 aromatic rings. The summed E-state index contributed by atoms with van der Waals surface area (Å²) in [5.74, 6) is 0.287. The van der Waals surface area contributed by atoms with Crippen molar-refractivity contribution >= 4 is 34.8 Å². The first-order chi connectivity index (χ1) is 17.0. The second kappa shape index (κ2) is 9.71. The van der Waals surface area contributed by atoms with Crippen molar-refractivity contribution in [1.29, 1.82) is 0 Å². The Labute approximate surface area is 207 Å². The van der Waals surface area contributed by atoms with Gasteiger partial charge in [-0.25, -0.2) is 4.39 Å². The second-order valence-corrected chi connectivity index (χ2v) is 8.65. The Balaban J connectivity index is 1.37. The van der Waals surface area contributed by atoms with E-state index in [9.17, 15) is 14.0 Å². The third-order valence-corrected chi connectivity index (χ3v) is 6.34. The Kier molecular flexibility index (Phi) is 6.33. The SMILES string of the molecule is O=C(C[C@H]1C(=O)N(Cc2ccccc2)C(=S)N1Cc1ccc2c(c1)OCO2)Nc1ccc(F)cc1. The third-order valence-electron chi connectivity index (χ3n) is 5.88. The lowest BCUT2D eigenvalue weighted by atomic mass is 10.1. The molecule has 1 saturated heterocycles. The molecule has 2 aliphatic heterocycles. The molecule has 35 heavy (non-hydrogen) atoms. The van der Waals surface area contributed by atoms with E-state index in [4.69, 9.17) is 21.7 Å². The fourth-order valence-corrected chi connectivity index (χ4v) is 4.49. The van der Waals surface area contributed by atoms with Crippen LogP contribution >= 0.6 is 12.2 Å². The number of nitrogens with zero attached hydrogens (tertiary/aromatic N) is 2. The number of benzene rings is 3. The van der Waals surface area contributed by atoms with Crippen molar-refractivity contribution in [2.24, 2.45) is 0 Å². The van der Waals surface area contributed by atoms with E-state index in [1.807, 2.05) is 48.5 Å². The fraction of sp³-hybridized carbons (Fsp3) is 0.192. The smallest absolute Gasteiger partial charge is 0.252 e. The van der Waals surface area contributed by atoms with Gasteiger partial charge in [0.15, 0.2) is 16.6 Å². The summed E-state index contributed by atoms with van der Waals surface area (Å²) < 4.78 is 24.1. The monoisotopic (exact) mass is 491 g/mol. The zero-order valence-electron chi connectivity index (χ0n) is 18.6. The van der Waals surface area contributed by atoms with Gasteiger partial charge in [-0.15, -0.1) is 0 Å². The Hall–Kier alpha value is -3.98. The zero-order valence-corrected chi connectivity index (χ0v) is 19.5. The first-order valence-corrected chi connectivity index (χ1v) is 11.5. The first kappa shape index (κ1) is 22.8. The van der Waals surface area contributed by atoms with Crippen molar-refractivity contribution in [3.63, 3.8) is 0 Å². The Morgan fingerprint density at radius 2 is 1.71 bits per heavy atom. The molecular weight excluding hydrogens is 469 g/mol. The van der Waals surface area contributed by atoms with Gasteiger partial charge in [-0.2, -0.15) is 0 Å². The molecule has 0 unspecified atom stereocenters. The predicted molar refractivity (Wildman–Crippen MR) is 131 cm³/mol. The molecule has 5 rings (SSSR count). The van der Waals surface area contributed by atoms with E-state index < -0.39 is 11.9 Å². The Morgan fingerprint density at radius 1 is 0.971 bits per heavy atom. The fourth-order valence-electron chi connectivity index (χ4n) is 4.14. The van der Waals surface area contributed by atoms with Gasteiger partial charge in [0.05, 0.1) is 13.0 Å². The number of amides is 2. The van der Waals surface area contributed by atoms with Crippen LogP contribution in [0, 0.1) is 5.82 Å². The van der Waals surface area contributed by atoms with E-state index in [1.165, 1.54) is 29.2 Å². The molecule has 7 nitrogen and oxygen atoms in total. The summed E-state index contributed by atoms with van der Waals surface area (Å²) in [6.07, 6.45) is -0.105. The first-order valence-electron chi connectivity index (χ1n) is 11.1. The van der Waals surface area contributed by atoms with E-state index in [1.54, 1.807) is 4.90 Å². The molecule has 0 saturated carbocycles. The van der Waals surface area contributed by atoms with Crippen molar-refractivity contribution in [3.05, 3.63) is 89.7 Å². The van der Waals surface area contributed by atoms with Crippen LogP contribution in [0.5, 0.6) is 11.5 Å². The average molecular weight is 492 g/mol. The minimum atomic E-state index is -0.780. The molecule has 1 atom stereocenters. The number of anilines is 1. The molecule has 0 bridgehead atoms. The molecule has 2 heterocycles. The number of fused-ring (bicyclic) bond motifs is 1. The van der Waals surface area contributed by atoms with Crippen molar-refractivity contribution in [2.45, 2.75) is 25.6 Å². The quantitative estimate of drug-likeness (QED) is 0.503. The second-order valence-electron chi connectivity index (χ2n) is 8.28. The largest absolute Gasteiger partial charge is 0.454 e. The number of rotatable bonds is 7. The van der Waals surface area contributed by atoms with Crippen LogP contribution in [0.1, 0.15) is 17.5 Å². The van der Waals surface area contributed by atoms with Gasteiger partial charge in [0.2, 0.25) is 12.7 Å². The van der Waals surface area contributed by atoms with Gasteiger partial charge in [0.1, 0.15) is 11.9 Å². The zero-order chi connectivity index (χ0) is 24.4. The minimum absolute atomic E-state index is 0.105. The molecule has 3 aromatic carbocycles. The molecular formula is C26H22FN3O4S. The van der Waals surface area contributed by atoms with E-state index in [2.05, 4.69) is 5.32 Å². The number of hydrogen-bond acceptors (Lipinski definition) is 5. The van der Waals surface area contributed by atoms with Crippen LogP contribution in [0.2, 0.25) is 0 Å². The van der Waals surface area contributed by atoms with Crippen LogP contribution in [-0.2, 0) is 22.7 Å². The summed E-state index contributed by atoms with van der Waals surface area (Å²) in [6.45, 7) is 0.795. The highest BCUT2D eigenvalue weighted by Gasteiger charge is 2.43. The normalized spacial score (nSPS) is 16.7. The summed E-state index contributed by atoms with van der Waals surface area (Å²) in [5, 5.41) is 3.09. The number of nitrogens with one attached hydrogen (secondary N) is 1. The summed E-state index contributed by atoms with van der Waals surface area (Å²) in [5.41, 5.74) is 2.26. The van der Waals surface area contributed by atoms with E-state index in [0.29, 0.717) is 35.4 Å². The van der Waals surface area contributed by atoms with Crippen LogP contribution in [0.15, 0.2) is 72.8 Å². The molecule has 1 fully saturated rings. The highest BCUT2D eigenvalue weighted by atomic mass is 32.1. The number of halogens is 1. The van der Waals surface area contributed by atoms with Gasteiger partial charge >= 0.3 is 0 Å². The van der Waals surface area contributed by atoms with E-state index in [-0.39, 0.29) is 25.0 Å². The third kappa shape index (κ3) is 4.95. The standard InChI is InChI=1S/C26H22FN3O4S/c27-19-7-9-20(10-8-19)28-24(31)13-21-25(32)30(14-17-4-2-1-3-5-17)26(35)29(21)15-18-6-11-22-23(12-18)34-16-33-22/h1-12,21H,13-16H2,(H,28,31)/t21-/m0/s1. The summed E-state index contributed by atoms with van der Waals surface area (Å²) in [4.78, 5) is 29.6. The minimum Gasteiger partial charge on any atom is -0.454 e. The van der Waals surface area contributed by atoms with Gasteiger partial charge < -0.3 is 19.7 Å². The molecule has 0 aromatic heterocycles. The Bertz CT molecular complexity index is 1270. The molecule has 9 heteroatoms. The van der Waals surface area contributed by atoms with Crippen molar-refractivity contribution < 1.29 is 23.5 Å². The van der Waals surface area contributed by atoms with Crippen LogP contribution in [0.4, 0.5) is 10.1 Å². The molecule has 0 spiro atoms. The molecule has 1 N–H and O–H groups in total. The number of hydrogen-bond donors (Lipinski definition) is 1. The van der Waals surface area contributed by atoms with Crippen LogP contribution in [-0.4, -0.2) is 39.6 Å². The number of carbonyl (C=O) groups is 2. The molecule has 178 valence electrons.